The van der Waals surface area contributed by atoms with E-state index in [0.29, 0.717) is 17.0 Å². The van der Waals surface area contributed by atoms with Crippen molar-refractivity contribution >= 4 is 17.5 Å². The predicted molar refractivity (Wildman–Crippen MR) is 96.0 cm³/mol. The SMILES string of the molecule is COc1ccc(C(C)CC(=O)Nc2cc(C)cc(C(N)=O)c2)cc1O. The van der Waals surface area contributed by atoms with Gasteiger partial charge in [0.25, 0.3) is 0 Å². The summed E-state index contributed by atoms with van der Waals surface area (Å²) in [5.74, 6) is -0.404. The number of methoxy groups -OCH3 is 1. The lowest BCUT2D eigenvalue weighted by Gasteiger charge is -2.14. The molecule has 0 saturated carbocycles. The average Bonchev–Trinajstić information content (AvgIpc) is 2.53. The zero-order chi connectivity index (χ0) is 18.6. The maximum Gasteiger partial charge on any atom is 0.248 e. The summed E-state index contributed by atoms with van der Waals surface area (Å²) in [6.45, 7) is 3.72. The normalized spacial score (nSPS) is 11.6. The molecule has 0 aliphatic carbocycles. The van der Waals surface area contributed by atoms with Gasteiger partial charge in [0.1, 0.15) is 0 Å². The van der Waals surface area contributed by atoms with E-state index in [9.17, 15) is 14.7 Å². The predicted octanol–water partition coefficient (Wildman–Crippen LogP) is 2.94. The molecule has 0 saturated heterocycles. The molecule has 132 valence electrons. The highest BCUT2D eigenvalue weighted by atomic mass is 16.5. The second-order valence-corrected chi connectivity index (χ2v) is 6.04. The molecular formula is C19H22N2O4. The number of anilines is 1. The first-order chi connectivity index (χ1) is 11.8. The van der Waals surface area contributed by atoms with Gasteiger partial charge >= 0.3 is 0 Å². The number of hydrogen-bond acceptors (Lipinski definition) is 4. The van der Waals surface area contributed by atoms with Gasteiger partial charge in [0.2, 0.25) is 11.8 Å². The first kappa shape index (κ1) is 18.3. The minimum absolute atomic E-state index is 0.0389. The Morgan fingerprint density at radius 3 is 2.56 bits per heavy atom. The quantitative estimate of drug-likeness (QED) is 0.751. The van der Waals surface area contributed by atoms with Crippen molar-refractivity contribution in [2.24, 2.45) is 5.73 Å². The molecule has 6 nitrogen and oxygen atoms in total. The van der Waals surface area contributed by atoms with Crippen molar-refractivity contribution in [3.63, 3.8) is 0 Å². The number of nitrogens with one attached hydrogen (secondary N) is 1. The van der Waals surface area contributed by atoms with E-state index in [2.05, 4.69) is 5.32 Å². The first-order valence-corrected chi connectivity index (χ1v) is 7.88. The topological polar surface area (TPSA) is 102 Å². The molecule has 2 rings (SSSR count). The van der Waals surface area contributed by atoms with Gasteiger partial charge < -0.3 is 20.9 Å². The third kappa shape index (κ3) is 4.73. The van der Waals surface area contributed by atoms with Gasteiger partial charge in [-0.25, -0.2) is 0 Å². The van der Waals surface area contributed by atoms with Crippen molar-refractivity contribution in [2.45, 2.75) is 26.2 Å². The number of aryl methyl sites for hydroxylation is 1. The Kier molecular flexibility index (Phi) is 5.64. The van der Waals surface area contributed by atoms with E-state index in [4.69, 9.17) is 10.5 Å². The molecule has 1 unspecified atom stereocenters. The molecule has 6 heteroatoms. The summed E-state index contributed by atoms with van der Waals surface area (Å²) in [7, 11) is 1.48. The zero-order valence-corrected chi connectivity index (χ0v) is 14.5. The number of primary amides is 1. The lowest BCUT2D eigenvalue weighted by Crippen LogP contribution is -2.16. The van der Waals surface area contributed by atoms with Gasteiger partial charge in [-0.1, -0.05) is 13.0 Å². The van der Waals surface area contributed by atoms with E-state index >= 15 is 0 Å². The first-order valence-electron chi connectivity index (χ1n) is 7.88. The van der Waals surface area contributed by atoms with E-state index < -0.39 is 5.91 Å². The molecule has 2 amide bonds. The summed E-state index contributed by atoms with van der Waals surface area (Å²) in [4.78, 5) is 23.6. The van der Waals surface area contributed by atoms with Gasteiger partial charge in [-0.05, 0) is 54.3 Å². The van der Waals surface area contributed by atoms with Crippen LogP contribution in [0, 0.1) is 6.92 Å². The molecule has 1 atom stereocenters. The number of phenolic OH excluding ortho intramolecular Hbond substituents is 1. The molecule has 0 aliphatic rings. The molecule has 4 N–H and O–H groups in total. The summed E-state index contributed by atoms with van der Waals surface area (Å²) >= 11 is 0. The minimum atomic E-state index is -0.540. The number of carbonyl (C=O) groups is 2. The molecule has 0 heterocycles. The maximum atomic E-state index is 12.3. The third-order valence-corrected chi connectivity index (χ3v) is 3.91. The smallest absolute Gasteiger partial charge is 0.248 e. The van der Waals surface area contributed by atoms with Crippen LogP contribution < -0.4 is 15.8 Å². The van der Waals surface area contributed by atoms with Gasteiger partial charge in [-0.15, -0.1) is 0 Å². The fourth-order valence-corrected chi connectivity index (χ4v) is 2.62. The van der Waals surface area contributed by atoms with E-state index in [1.165, 1.54) is 7.11 Å². The summed E-state index contributed by atoms with van der Waals surface area (Å²) < 4.78 is 5.01. The highest BCUT2D eigenvalue weighted by Gasteiger charge is 2.14. The van der Waals surface area contributed by atoms with E-state index in [1.807, 2.05) is 19.9 Å². The Morgan fingerprint density at radius 2 is 1.96 bits per heavy atom. The van der Waals surface area contributed by atoms with Crippen molar-refractivity contribution in [1.82, 2.24) is 0 Å². The summed E-state index contributed by atoms with van der Waals surface area (Å²) in [5, 5.41) is 12.6. The molecule has 0 aromatic heterocycles. The van der Waals surface area contributed by atoms with Crippen LogP contribution in [0.15, 0.2) is 36.4 Å². The molecule has 2 aromatic rings. The lowest BCUT2D eigenvalue weighted by molar-refractivity contribution is -0.116. The van der Waals surface area contributed by atoms with Gasteiger partial charge in [-0.2, -0.15) is 0 Å². The second kappa shape index (κ2) is 7.70. The standard InChI is InChI=1S/C19H22N2O4/c1-11-6-14(19(20)24)9-15(7-11)21-18(23)8-12(2)13-4-5-17(25-3)16(22)10-13/h4-7,9-10,12,22H,8H2,1-3H3,(H2,20,24)(H,21,23). The van der Waals surface area contributed by atoms with Crippen molar-refractivity contribution in [3.05, 3.63) is 53.1 Å². The molecule has 0 aliphatic heterocycles. The summed E-state index contributed by atoms with van der Waals surface area (Å²) in [6.07, 6.45) is 0.228. The van der Waals surface area contributed by atoms with Crippen LogP contribution in [0.3, 0.4) is 0 Å². The van der Waals surface area contributed by atoms with Crippen LogP contribution >= 0.6 is 0 Å². The van der Waals surface area contributed by atoms with Crippen LogP contribution in [-0.4, -0.2) is 24.0 Å². The second-order valence-electron chi connectivity index (χ2n) is 6.04. The average molecular weight is 342 g/mol. The lowest BCUT2D eigenvalue weighted by atomic mass is 9.97. The number of ether oxygens (including phenoxy) is 1. The van der Waals surface area contributed by atoms with Crippen LogP contribution in [0.2, 0.25) is 0 Å². The molecule has 0 radical (unpaired) electrons. The molecule has 0 spiro atoms. The Hall–Kier alpha value is -3.02. The van der Waals surface area contributed by atoms with Crippen LogP contribution in [0.25, 0.3) is 0 Å². The number of phenols is 1. The molecule has 25 heavy (non-hydrogen) atoms. The maximum absolute atomic E-state index is 12.3. The number of hydrogen-bond donors (Lipinski definition) is 3. The number of benzene rings is 2. The van der Waals surface area contributed by atoms with E-state index in [0.717, 1.165) is 11.1 Å². The van der Waals surface area contributed by atoms with Gasteiger partial charge in [0.05, 0.1) is 7.11 Å². The van der Waals surface area contributed by atoms with Crippen molar-refractivity contribution in [3.8, 4) is 11.5 Å². The van der Waals surface area contributed by atoms with Crippen molar-refractivity contribution < 1.29 is 19.4 Å². The highest BCUT2D eigenvalue weighted by Crippen LogP contribution is 2.30. The largest absolute Gasteiger partial charge is 0.504 e. The van der Waals surface area contributed by atoms with Gasteiger partial charge in [-0.3, -0.25) is 9.59 Å². The fourth-order valence-electron chi connectivity index (χ4n) is 2.62. The van der Waals surface area contributed by atoms with Crippen LogP contribution in [0.1, 0.15) is 40.7 Å². The third-order valence-electron chi connectivity index (χ3n) is 3.91. The Morgan fingerprint density at radius 1 is 1.24 bits per heavy atom. The molecule has 2 aromatic carbocycles. The monoisotopic (exact) mass is 342 g/mol. The van der Waals surface area contributed by atoms with Crippen LogP contribution in [0.5, 0.6) is 11.5 Å². The van der Waals surface area contributed by atoms with E-state index in [-0.39, 0.29) is 24.0 Å². The van der Waals surface area contributed by atoms with Gasteiger partial charge in [0.15, 0.2) is 11.5 Å². The zero-order valence-electron chi connectivity index (χ0n) is 14.5. The molecule has 0 bridgehead atoms. The summed E-state index contributed by atoms with van der Waals surface area (Å²) in [6, 6.07) is 10.1. The summed E-state index contributed by atoms with van der Waals surface area (Å²) in [5.41, 5.74) is 7.84. The van der Waals surface area contributed by atoms with Crippen molar-refractivity contribution in [1.29, 1.82) is 0 Å². The Labute approximate surface area is 146 Å². The van der Waals surface area contributed by atoms with Crippen molar-refractivity contribution in [2.75, 3.05) is 12.4 Å². The molecule has 0 fully saturated rings. The molecular weight excluding hydrogens is 320 g/mol. The number of aromatic hydroxyl groups is 1. The number of amides is 2. The minimum Gasteiger partial charge on any atom is -0.504 e. The fraction of sp³-hybridized carbons (Fsp3) is 0.263. The van der Waals surface area contributed by atoms with Gasteiger partial charge in [0, 0.05) is 17.7 Å². The van der Waals surface area contributed by atoms with Crippen LogP contribution in [0.4, 0.5) is 5.69 Å². The number of carbonyl (C=O) groups excluding carboxylic acids is 2. The Bertz CT molecular complexity index is 802. The van der Waals surface area contributed by atoms with Crippen LogP contribution in [-0.2, 0) is 4.79 Å². The van der Waals surface area contributed by atoms with E-state index in [1.54, 1.807) is 30.3 Å². The Balaban J connectivity index is 2.07. The number of rotatable bonds is 6. The highest BCUT2D eigenvalue weighted by molar-refractivity contribution is 5.96. The number of nitrogens with two attached hydrogens (primary N) is 1.